The molecule has 2 nitrogen and oxygen atoms in total. The number of benzene rings is 1. The van der Waals surface area contributed by atoms with Crippen LogP contribution >= 0.6 is 11.8 Å². The van der Waals surface area contributed by atoms with Crippen LogP contribution in [-0.4, -0.2) is 18.8 Å². The van der Waals surface area contributed by atoms with E-state index in [9.17, 15) is 4.79 Å². The van der Waals surface area contributed by atoms with Gasteiger partial charge >= 0.3 is 5.97 Å². The van der Waals surface area contributed by atoms with Crippen molar-refractivity contribution in [3.8, 4) is 0 Å². The van der Waals surface area contributed by atoms with E-state index in [0.29, 0.717) is 5.56 Å². The van der Waals surface area contributed by atoms with Gasteiger partial charge in [0.1, 0.15) is 0 Å². The van der Waals surface area contributed by atoms with E-state index in [1.54, 1.807) is 0 Å². The van der Waals surface area contributed by atoms with Gasteiger partial charge in [-0.2, -0.15) is 11.8 Å². The molecular formula is C15H20O2S. The second-order valence-electron chi connectivity index (χ2n) is 4.81. The molecule has 98 valence electrons. The molecule has 0 aromatic heterocycles. The maximum absolute atomic E-state index is 11.6. The summed E-state index contributed by atoms with van der Waals surface area (Å²) in [6.45, 7) is 0. The zero-order valence-corrected chi connectivity index (χ0v) is 11.7. The van der Waals surface area contributed by atoms with Crippen molar-refractivity contribution in [1.82, 2.24) is 0 Å². The molecule has 0 bridgehead atoms. The first-order chi connectivity index (χ1) is 8.81. The summed E-state index contributed by atoms with van der Waals surface area (Å²) in [6.07, 6.45) is 5.55. The molecule has 1 saturated carbocycles. The molecule has 1 aromatic rings. The normalized spacial score (nSPS) is 15.8. The molecule has 0 atom stereocenters. The number of methoxy groups -OCH3 is 1. The Morgan fingerprint density at radius 3 is 2.78 bits per heavy atom. The predicted octanol–water partition coefficient (Wildman–Crippen LogP) is 3.90. The lowest BCUT2D eigenvalue weighted by Gasteiger charge is -2.10. The fraction of sp³-hybridized carbons (Fsp3) is 0.533. The summed E-state index contributed by atoms with van der Waals surface area (Å²) in [7, 11) is 1.44. The third kappa shape index (κ3) is 3.52. The minimum atomic E-state index is -0.230. The number of hydrogen-bond acceptors (Lipinski definition) is 3. The Balaban J connectivity index is 1.89. The Kier molecular flexibility index (Phi) is 5.12. The second-order valence-corrected chi connectivity index (χ2v) is 5.84. The van der Waals surface area contributed by atoms with Crippen LogP contribution in [0.5, 0.6) is 0 Å². The summed E-state index contributed by atoms with van der Waals surface area (Å²) < 4.78 is 4.81. The van der Waals surface area contributed by atoms with E-state index >= 15 is 0 Å². The first kappa shape index (κ1) is 13.5. The quantitative estimate of drug-likeness (QED) is 0.755. The van der Waals surface area contributed by atoms with Gasteiger partial charge in [0.25, 0.3) is 0 Å². The van der Waals surface area contributed by atoms with Crippen molar-refractivity contribution in [3.63, 3.8) is 0 Å². The number of thioether (sulfide) groups is 1. The number of hydrogen-bond donors (Lipinski definition) is 0. The highest BCUT2D eigenvalue weighted by Crippen LogP contribution is 2.29. The Morgan fingerprint density at radius 2 is 2.06 bits per heavy atom. The molecule has 0 amide bonds. The Hall–Kier alpha value is -0.960. The van der Waals surface area contributed by atoms with E-state index in [0.717, 1.165) is 17.2 Å². The highest BCUT2D eigenvalue weighted by atomic mass is 32.2. The van der Waals surface area contributed by atoms with Gasteiger partial charge in [0.15, 0.2) is 0 Å². The molecule has 0 spiro atoms. The monoisotopic (exact) mass is 264 g/mol. The number of rotatable bonds is 5. The summed E-state index contributed by atoms with van der Waals surface area (Å²) >= 11 is 1.94. The zero-order chi connectivity index (χ0) is 12.8. The lowest BCUT2D eigenvalue weighted by Crippen LogP contribution is -2.05. The first-order valence-electron chi connectivity index (χ1n) is 6.55. The molecule has 0 radical (unpaired) electrons. The summed E-state index contributed by atoms with van der Waals surface area (Å²) in [4.78, 5) is 11.6. The van der Waals surface area contributed by atoms with Crippen molar-refractivity contribution in [2.24, 2.45) is 5.92 Å². The zero-order valence-electron chi connectivity index (χ0n) is 10.9. The average Bonchev–Trinajstić information content (AvgIpc) is 2.92. The number of carbonyl (C=O) groups excluding carboxylic acids is 1. The molecule has 0 N–H and O–H groups in total. The predicted molar refractivity (Wildman–Crippen MR) is 75.9 cm³/mol. The van der Waals surface area contributed by atoms with Crippen molar-refractivity contribution >= 4 is 17.7 Å². The van der Waals surface area contributed by atoms with Crippen LogP contribution in [0.2, 0.25) is 0 Å². The number of carbonyl (C=O) groups is 1. The highest BCUT2D eigenvalue weighted by molar-refractivity contribution is 7.98. The van der Waals surface area contributed by atoms with Crippen LogP contribution in [0, 0.1) is 5.92 Å². The Labute approximate surface area is 113 Å². The van der Waals surface area contributed by atoms with E-state index in [1.165, 1.54) is 38.5 Å². The van der Waals surface area contributed by atoms with Gasteiger partial charge in [-0.15, -0.1) is 0 Å². The van der Waals surface area contributed by atoms with Crippen LogP contribution in [0.25, 0.3) is 0 Å². The first-order valence-corrected chi connectivity index (χ1v) is 7.70. The molecule has 3 heteroatoms. The largest absolute Gasteiger partial charge is 0.465 e. The van der Waals surface area contributed by atoms with E-state index in [1.807, 2.05) is 36.0 Å². The van der Waals surface area contributed by atoms with Gasteiger partial charge < -0.3 is 4.74 Å². The Bertz CT molecular complexity index is 397. The SMILES string of the molecule is COC(=O)c1ccccc1CSCC1CCCC1. The highest BCUT2D eigenvalue weighted by Gasteiger charge is 2.16. The maximum atomic E-state index is 11.6. The van der Waals surface area contributed by atoms with Crippen LogP contribution in [0.1, 0.15) is 41.6 Å². The van der Waals surface area contributed by atoms with Crippen LogP contribution < -0.4 is 0 Å². The smallest absolute Gasteiger partial charge is 0.338 e. The van der Waals surface area contributed by atoms with Crippen LogP contribution in [0.15, 0.2) is 24.3 Å². The molecule has 0 unspecified atom stereocenters. The van der Waals surface area contributed by atoms with Crippen molar-refractivity contribution in [2.45, 2.75) is 31.4 Å². The third-order valence-electron chi connectivity index (χ3n) is 3.51. The fourth-order valence-electron chi connectivity index (χ4n) is 2.47. The van der Waals surface area contributed by atoms with Gasteiger partial charge in [0.2, 0.25) is 0 Å². The van der Waals surface area contributed by atoms with Crippen LogP contribution in [0.4, 0.5) is 0 Å². The molecular weight excluding hydrogens is 244 g/mol. The standard InChI is InChI=1S/C15H20O2S/c1-17-15(16)14-9-5-4-8-13(14)11-18-10-12-6-2-3-7-12/h4-5,8-9,12H,2-3,6-7,10-11H2,1H3. The summed E-state index contributed by atoms with van der Waals surface area (Å²) in [5, 5.41) is 0. The van der Waals surface area contributed by atoms with Crippen molar-refractivity contribution < 1.29 is 9.53 Å². The molecule has 0 saturated heterocycles. The molecule has 0 aliphatic heterocycles. The van der Waals surface area contributed by atoms with Crippen LogP contribution in [0.3, 0.4) is 0 Å². The minimum Gasteiger partial charge on any atom is -0.465 e. The molecule has 1 fully saturated rings. The van der Waals surface area contributed by atoms with Gasteiger partial charge in [0, 0.05) is 5.75 Å². The van der Waals surface area contributed by atoms with Gasteiger partial charge in [0.05, 0.1) is 12.7 Å². The van der Waals surface area contributed by atoms with E-state index < -0.39 is 0 Å². The third-order valence-corrected chi connectivity index (χ3v) is 4.73. The lowest BCUT2D eigenvalue weighted by atomic mass is 10.1. The molecule has 0 heterocycles. The molecule has 1 aliphatic rings. The minimum absolute atomic E-state index is 0.230. The summed E-state index contributed by atoms with van der Waals surface area (Å²) in [5.41, 5.74) is 1.80. The maximum Gasteiger partial charge on any atom is 0.338 e. The van der Waals surface area contributed by atoms with Gasteiger partial charge in [-0.25, -0.2) is 4.79 Å². The van der Waals surface area contributed by atoms with E-state index in [4.69, 9.17) is 4.74 Å². The van der Waals surface area contributed by atoms with Gasteiger partial charge in [-0.3, -0.25) is 0 Å². The summed E-state index contributed by atoms with van der Waals surface area (Å²) in [5.74, 6) is 2.78. The fourth-order valence-corrected chi connectivity index (χ4v) is 3.72. The average molecular weight is 264 g/mol. The molecule has 18 heavy (non-hydrogen) atoms. The van der Waals surface area contributed by atoms with Crippen molar-refractivity contribution in [2.75, 3.05) is 12.9 Å². The van der Waals surface area contributed by atoms with Gasteiger partial charge in [-0.05, 0) is 36.1 Å². The molecule has 1 aromatic carbocycles. The number of esters is 1. The van der Waals surface area contributed by atoms with E-state index in [2.05, 4.69) is 0 Å². The number of ether oxygens (including phenoxy) is 1. The van der Waals surface area contributed by atoms with Crippen molar-refractivity contribution in [1.29, 1.82) is 0 Å². The lowest BCUT2D eigenvalue weighted by molar-refractivity contribution is 0.0600. The topological polar surface area (TPSA) is 26.3 Å². The Morgan fingerprint density at radius 1 is 1.33 bits per heavy atom. The van der Waals surface area contributed by atoms with E-state index in [-0.39, 0.29) is 5.97 Å². The van der Waals surface area contributed by atoms with Gasteiger partial charge in [-0.1, -0.05) is 31.0 Å². The molecule has 1 aliphatic carbocycles. The summed E-state index contributed by atoms with van der Waals surface area (Å²) in [6, 6.07) is 7.74. The second kappa shape index (κ2) is 6.83. The molecule has 2 rings (SSSR count). The van der Waals surface area contributed by atoms with Crippen LogP contribution in [-0.2, 0) is 10.5 Å². The van der Waals surface area contributed by atoms with Crippen molar-refractivity contribution in [3.05, 3.63) is 35.4 Å².